The number of hydrogen-bond acceptors (Lipinski definition) is 6. The minimum atomic E-state index is -3.42. The van der Waals surface area contributed by atoms with E-state index in [9.17, 15) is 13.2 Å². The number of carbonyl (C=O) groups excluding carboxylic acids is 1. The zero-order valence-electron chi connectivity index (χ0n) is 18.0. The number of primary amides is 1. The van der Waals surface area contributed by atoms with E-state index in [0.717, 1.165) is 16.5 Å². The van der Waals surface area contributed by atoms with Crippen molar-refractivity contribution in [2.45, 2.75) is 6.92 Å². The molecule has 0 aliphatic heterocycles. The third-order valence-electron chi connectivity index (χ3n) is 5.09. The predicted molar refractivity (Wildman–Crippen MR) is 134 cm³/mol. The van der Waals surface area contributed by atoms with Gasteiger partial charge in [-0.25, -0.2) is 13.4 Å². The first-order valence-electron chi connectivity index (χ1n) is 9.90. The largest absolute Gasteiger partial charge is 0.494 e. The Morgan fingerprint density at radius 3 is 2.48 bits per heavy atom. The van der Waals surface area contributed by atoms with E-state index in [4.69, 9.17) is 10.5 Å². The Kier molecular flexibility index (Phi) is 6.95. The van der Waals surface area contributed by atoms with E-state index < -0.39 is 15.9 Å². The summed E-state index contributed by atoms with van der Waals surface area (Å²) < 4.78 is 31.8. The molecule has 0 fully saturated rings. The molecule has 0 unspecified atom stereocenters. The average Bonchev–Trinajstić information content (AvgIpc) is 2.79. The van der Waals surface area contributed by atoms with Gasteiger partial charge in [-0.05, 0) is 31.2 Å². The Hall–Kier alpha value is -3.56. The molecule has 4 rings (SSSR count). The highest BCUT2D eigenvalue weighted by Crippen LogP contribution is 2.37. The molecule has 33 heavy (non-hydrogen) atoms. The lowest BCUT2D eigenvalue weighted by Crippen LogP contribution is -2.14. The number of anilines is 3. The summed E-state index contributed by atoms with van der Waals surface area (Å²) in [4.78, 5) is 16.6. The maximum absolute atomic E-state index is 12.0. The Bertz CT molecular complexity index is 1460. The van der Waals surface area contributed by atoms with Crippen molar-refractivity contribution in [3.8, 4) is 5.75 Å². The fourth-order valence-electron chi connectivity index (χ4n) is 3.49. The molecule has 0 bridgehead atoms. The van der Waals surface area contributed by atoms with Crippen LogP contribution in [0.25, 0.3) is 21.8 Å². The molecule has 4 N–H and O–H groups in total. The number of amides is 1. The Morgan fingerprint density at radius 1 is 1.06 bits per heavy atom. The van der Waals surface area contributed by atoms with Crippen molar-refractivity contribution >= 4 is 67.2 Å². The van der Waals surface area contributed by atoms with Crippen molar-refractivity contribution in [3.05, 3.63) is 66.2 Å². The van der Waals surface area contributed by atoms with Crippen LogP contribution in [0, 0.1) is 0 Å². The Morgan fingerprint density at radius 2 is 1.79 bits per heavy atom. The van der Waals surface area contributed by atoms with Gasteiger partial charge in [0.05, 0.1) is 46.5 Å². The number of aromatic nitrogens is 1. The van der Waals surface area contributed by atoms with Gasteiger partial charge in [0.2, 0.25) is 10.0 Å². The molecule has 1 amide bonds. The lowest BCUT2D eigenvalue weighted by Gasteiger charge is -2.17. The van der Waals surface area contributed by atoms with Crippen LogP contribution in [0.15, 0.2) is 60.7 Å². The van der Waals surface area contributed by atoms with Gasteiger partial charge in [-0.15, -0.1) is 12.4 Å². The van der Waals surface area contributed by atoms with Crippen molar-refractivity contribution < 1.29 is 17.9 Å². The molecule has 0 aliphatic carbocycles. The summed E-state index contributed by atoms with van der Waals surface area (Å²) in [6, 6.07) is 17.8. The summed E-state index contributed by atoms with van der Waals surface area (Å²) in [6.07, 6.45) is 0. The number of pyridine rings is 1. The van der Waals surface area contributed by atoms with Crippen molar-refractivity contribution in [1.29, 1.82) is 0 Å². The van der Waals surface area contributed by atoms with Crippen LogP contribution < -0.4 is 20.5 Å². The van der Waals surface area contributed by atoms with Gasteiger partial charge in [0.15, 0.2) is 0 Å². The van der Waals surface area contributed by atoms with E-state index in [-0.39, 0.29) is 18.2 Å². The summed E-state index contributed by atoms with van der Waals surface area (Å²) in [6.45, 7) is 1.56. The van der Waals surface area contributed by atoms with Crippen LogP contribution in [0.5, 0.6) is 5.75 Å². The lowest BCUT2D eigenvalue weighted by atomic mass is 10.0. The van der Waals surface area contributed by atoms with Gasteiger partial charge in [-0.3, -0.25) is 9.52 Å². The van der Waals surface area contributed by atoms with E-state index in [0.29, 0.717) is 33.7 Å². The molecule has 0 aliphatic rings. The van der Waals surface area contributed by atoms with Gasteiger partial charge in [0.25, 0.3) is 5.91 Å². The quantitative estimate of drug-likeness (QED) is 0.332. The summed E-state index contributed by atoms with van der Waals surface area (Å²) >= 11 is 0. The monoisotopic (exact) mass is 486 g/mol. The van der Waals surface area contributed by atoms with Crippen molar-refractivity contribution in [3.63, 3.8) is 0 Å². The molecule has 0 spiro atoms. The minimum Gasteiger partial charge on any atom is -0.494 e. The van der Waals surface area contributed by atoms with Crippen molar-refractivity contribution in [1.82, 2.24) is 4.98 Å². The van der Waals surface area contributed by atoms with Crippen LogP contribution in [0.3, 0.4) is 0 Å². The van der Waals surface area contributed by atoms with Crippen LogP contribution >= 0.6 is 12.4 Å². The number of benzene rings is 3. The number of methoxy groups -OCH3 is 1. The maximum atomic E-state index is 12.0. The SMILES string of the molecule is CCS(=O)(=O)Nc1ccc(Nc2c3ccccc3nc3c(C(N)=O)cccc23)c(OC)c1.Cl. The maximum Gasteiger partial charge on any atom is 0.250 e. The number of sulfonamides is 1. The molecule has 4 aromatic rings. The summed E-state index contributed by atoms with van der Waals surface area (Å²) in [7, 11) is -1.91. The standard InChI is InChI=1S/C23H22N4O4S.ClH/c1-3-32(29,30)27-14-11-12-19(20(13-14)31-2)26-21-15-7-4-5-10-18(15)25-22-16(21)8-6-9-17(22)23(24)28;/h4-13,27H,3H2,1-2H3,(H2,24,28)(H,25,26);1H. The molecule has 0 atom stereocenters. The molecular formula is C23H23ClN4O4S. The smallest absolute Gasteiger partial charge is 0.250 e. The predicted octanol–water partition coefficient (Wildman–Crippen LogP) is 4.42. The Labute approximate surface area is 197 Å². The number of ether oxygens (including phenoxy) is 1. The summed E-state index contributed by atoms with van der Waals surface area (Å²) in [5.74, 6) is -0.150. The van der Waals surface area contributed by atoms with E-state index >= 15 is 0 Å². The van der Waals surface area contributed by atoms with Gasteiger partial charge in [-0.2, -0.15) is 0 Å². The molecule has 1 aromatic heterocycles. The molecule has 10 heteroatoms. The molecule has 172 valence electrons. The first kappa shape index (κ1) is 24.1. The van der Waals surface area contributed by atoms with Gasteiger partial charge < -0.3 is 15.8 Å². The number of nitrogens with zero attached hydrogens (tertiary/aromatic N) is 1. The third kappa shape index (κ3) is 4.79. The van der Waals surface area contributed by atoms with Gasteiger partial charge in [-0.1, -0.05) is 30.3 Å². The van der Waals surface area contributed by atoms with Crippen molar-refractivity contribution in [2.75, 3.05) is 22.9 Å². The number of hydrogen-bond donors (Lipinski definition) is 3. The fraction of sp³-hybridized carbons (Fsp3) is 0.130. The van der Waals surface area contributed by atoms with E-state index in [1.54, 1.807) is 37.3 Å². The topological polar surface area (TPSA) is 123 Å². The first-order chi connectivity index (χ1) is 15.3. The van der Waals surface area contributed by atoms with Crippen LogP contribution in [0.2, 0.25) is 0 Å². The molecule has 8 nitrogen and oxygen atoms in total. The number of para-hydroxylation sites is 2. The van der Waals surface area contributed by atoms with E-state index in [1.165, 1.54) is 7.11 Å². The lowest BCUT2D eigenvalue weighted by molar-refractivity contribution is 0.100. The highest BCUT2D eigenvalue weighted by Gasteiger charge is 2.16. The van der Waals surface area contributed by atoms with Crippen LogP contribution in [0.1, 0.15) is 17.3 Å². The van der Waals surface area contributed by atoms with Gasteiger partial charge in [0.1, 0.15) is 5.75 Å². The average molecular weight is 487 g/mol. The number of carbonyl (C=O) groups is 1. The number of rotatable bonds is 7. The number of fused-ring (bicyclic) bond motifs is 2. The normalized spacial score (nSPS) is 11.1. The molecule has 3 aromatic carbocycles. The second kappa shape index (κ2) is 9.51. The molecule has 0 saturated carbocycles. The highest BCUT2D eigenvalue weighted by atomic mass is 35.5. The zero-order valence-corrected chi connectivity index (χ0v) is 19.6. The summed E-state index contributed by atoms with van der Waals surface area (Å²) in [5, 5.41) is 4.95. The first-order valence-corrected chi connectivity index (χ1v) is 11.5. The zero-order chi connectivity index (χ0) is 22.9. The number of nitrogens with two attached hydrogens (primary N) is 1. The minimum absolute atomic E-state index is 0. The summed E-state index contributed by atoms with van der Waals surface area (Å²) in [5.41, 5.74) is 8.84. The van der Waals surface area contributed by atoms with Crippen LogP contribution in [0.4, 0.5) is 17.1 Å². The second-order valence-electron chi connectivity index (χ2n) is 7.12. The number of halogens is 1. The molecule has 0 saturated heterocycles. The van der Waals surface area contributed by atoms with E-state index in [2.05, 4.69) is 15.0 Å². The molecular weight excluding hydrogens is 464 g/mol. The Balaban J connectivity index is 0.00000306. The third-order valence-corrected chi connectivity index (χ3v) is 6.40. The molecule has 1 heterocycles. The molecule has 0 radical (unpaired) electrons. The van der Waals surface area contributed by atoms with Crippen LogP contribution in [-0.2, 0) is 10.0 Å². The van der Waals surface area contributed by atoms with Gasteiger partial charge >= 0.3 is 0 Å². The highest BCUT2D eigenvalue weighted by molar-refractivity contribution is 7.92. The van der Waals surface area contributed by atoms with Crippen LogP contribution in [-0.4, -0.2) is 32.2 Å². The van der Waals surface area contributed by atoms with Gasteiger partial charge in [0, 0.05) is 16.8 Å². The second-order valence-corrected chi connectivity index (χ2v) is 9.13. The van der Waals surface area contributed by atoms with E-state index in [1.807, 2.05) is 30.3 Å². The number of nitrogens with one attached hydrogen (secondary N) is 2. The van der Waals surface area contributed by atoms with Crippen molar-refractivity contribution in [2.24, 2.45) is 5.73 Å². The fourth-order valence-corrected chi connectivity index (χ4v) is 4.12.